The standard InChI is InChI=1S/C11H9BrN4O2S2/c12-8-3-1-7(2-4-8)10(18)15-14-9(17)5-19-11-16-13-6-20-11/h1-4,6H,5H2,(H,14,17)(H,15,18). The van der Waals surface area contributed by atoms with Crippen molar-refractivity contribution < 1.29 is 9.59 Å². The van der Waals surface area contributed by atoms with E-state index in [1.165, 1.54) is 23.1 Å². The Bertz CT molecular complexity index is 589. The summed E-state index contributed by atoms with van der Waals surface area (Å²) in [7, 11) is 0. The molecule has 0 saturated heterocycles. The number of rotatable bonds is 4. The molecule has 2 aromatic rings. The Morgan fingerprint density at radius 1 is 1.25 bits per heavy atom. The fourth-order valence-corrected chi connectivity index (χ4v) is 2.74. The third-order valence-electron chi connectivity index (χ3n) is 2.09. The molecule has 0 aliphatic rings. The Balaban J connectivity index is 1.75. The summed E-state index contributed by atoms with van der Waals surface area (Å²) in [6.07, 6.45) is 0. The lowest BCUT2D eigenvalue weighted by atomic mass is 10.2. The third-order valence-corrected chi connectivity index (χ3v) is 4.48. The van der Waals surface area contributed by atoms with Crippen LogP contribution in [-0.2, 0) is 4.79 Å². The molecule has 1 aromatic carbocycles. The first-order valence-corrected chi connectivity index (χ1v) is 8.04. The lowest BCUT2D eigenvalue weighted by molar-refractivity contribution is -0.119. The van der Waals surface area contributed by atoms with Crippen molar-refractivity contribution in [1.82, 2.24) is 21.0 Å². The first kappa shape index (κ1) is 14.9. The van der Waals surface area contributed by atoms with E-state index in [9.17, 15) is 9.59 Å². The van der Waals surface area contributed by atoms with Crippen LogP contribution in [0.3, 0.4) is 0 Å². The van der Waals surface area contributed by atoms with Gasteiger partial charge in [0.25, 0.3) is 5.91 Å². The minimum atomic E-state index is -0.369. The molecule has 0 atom stereocenters. The Morgan fingerprint density at radius 3 is 2.65 bits per heavy atom. The Hall–Kier alpha value is -1.45. The van der Waals surface area contributed by atoms with Crippen molar-refractivity contribution in [2.45, 2.75) is 4.34 Å². The Kier molecular flexibility index (Phi) is 5.50. The molecule has 0 saturated carbocycles. The molecule has 6 nitrogen and oxygen atoms in total. The van der Waals surface area contributed by atoms with Crippen molar-refractivity contribution in [3.05, 3.63) is 39.8 Å². The zero-order valence-corrected chi connectivity index (χ0v) is 13.2. The molecule has 1 aromatic heterocycles. The van der Waals surface area contributed by atoms with E-state index in [0.717, 1.165) is 4.47 Å². The number of thioether (sulfide) groups is 1. The van der Waals surface area contributed by atoms with Crippen LogP contribution in [0.15, 0.2) is 38.6 Å². The van der Waals surface area contributed by atoms with Crippen LogP contribution in [0.2, 0.25) is 0 Å². The molecule has 0 radical (unpaired) electrons. The number of nitrogens with one attached hydrogen (secondary N) is 2. The summed E-state index contributed by atoms with van der Waals surface area (Å²) in [6, 6.07) is 6.81. The van der Waals surface area contributed by atoms with Gasteiger partial charge in [-0.2, -0.15) is 0 Å². The molecule has 9 heteroatoms. The van der Waals surface area contributed by atoms with Crippen LogP contribution in [-0.4, -0.2) is 27.8 Å². The highest BCUT2D eigenvalue weighted by atomic mass is 79.9. The predicted octanol–water partition coefficient (Wildman–Crippen LogP) is 1.85. The molecule has 0 bridgehead atoms. The highest BCUT2D eigenvalue weighted by Gasteiger charge is 2.08. The number of benzene rings is 1. The van der Waals surface area contributed by atoms with Gasteiger partial charge in [0.1, 0.15) is 5.51 Å². The number of carbonyl (C=O) groups excluding carboxylic acids is 2. The van der Waals surface area contributed by atoms with Gasteiger partial charge in [-0.05, 0) is 24.3 Å². The van der Waals surface area contributed by atoms with E-state index in [-0.39, 0.29) is 17.6 Å². The highest BCUT2D eigenvalue weighted by Crippen LogP contribution is 2.17. The highest BCUT2D eigenvalue weighted by molar-refractivity contribution is 9.10. The molecule has 2 rings (SSSR count). The molecule has 1 heterocycles. The number of halogens is 1. The van der Waals surface area contributed by atoms with Gasteiger partial charge in [0.2, 0.25) is 5.91 Å². The maximum Gasteiger partial charge on any atom is 0.269 e. The van der Waals surface area contributed by atoms with E-state index >= 15 is 0 Å². The summed E-state index contributed by atoms with van der Waals surface area (Å²) >= 11 is 5.90. The zero-order valence-electron chi connectivity index (χ0n) is 10.00. The molecule has 0 aliphatic carbocycles. The summed E-state index contributed by atoms with van der Waals surface area (Å²) in [5, 5.41) is 7.46. The van der Waals surface area contributed by atoms with Crippen LogP contribution < -0.4 is 10.9 Å². The zero-order chi connectivity index (χ0) is 14.4. The average Bonchev–Trinajstić information content (AvgIpc) is 2.96. The first-order valence-electron chi connectivity index (χ1n) is 5.39. The van der Waals surface area contributed by atoms with Crippen LogP contribution >= 0.6 is 39.0 Å². The Labute approximate surface area is 131 Å². The fourth-order valence-electron chi connectivity index (χ4n) is 1.19. The SMILES string of the molecule is O=C(CSc1nncs1)NNC(=O)c1ccc(Br)cc1. The summed E-state index contributed by atoms with van der Waals surface area (Å²) in [5.41, 5.74) is 6.75. The van der Waals surface area contributed by atoms with Gasteiger partial charge in [0.05, 0.1) is 5.75 Å². The summed E-state index contributed by atoms with van der Waals surface area (Å²) in [6.45, 7) is 0. The van der Waals surface area contributed by atoms with Gasteiger partial charge in [0, 0.05) is 10.0 Å². The van der Waals surface area contributed by atoms with Crippen LogP contribution in [0.25, 0.3) is 0 Å². The van der Waals surface area contributed by atoms with E-state index in [1.807, 2.05) is 0 Å². The lowest BCUT2D eigenvalue weighted by Crippen LogP contribution is -2.42. The molecule has 0 unspecified atom stereocenters. The molecule has 2 amide bonds. The Morgan fingerprint density at radius 2 is 2.00 bits per heavy atom. The fraction of sp³-hybridized carbons (Fsp3) is 0.0909. The normalized spacial score (nSPS) is 10.1. The summed E-state index contributed by atoms with van der Waals surface area (Å²) in [4.78, 5) is 23.3. The monoisotopic (exact) mass is 372 g/mol. The van der Waals surface area contributed by atoms with Crippen molar-refractivity contribution in [2.24, 2.45) is 0 Å². The molecule has 0 fully saturated rings. The van der Waals surface area contributed by atoms with E-state index in [2.05, 4.69) is 37.0 Å². The van der Waals surface area contributed by atoms with Gasteiger partial charge in [-0.15, -0.1) is 10.2 Å². The second kappa shape index (κ2) is 7.36. The minimum absolute atomic E-state index is 0.163. The van der Waals surface area contributed by atoms with Crippen molar-refractivity contribution in [2.75, 3.05) is 5.75 Å². The molecule has 0 aliphatic heterocycles. The van der Waals surface area contributed by atoms with Crippen molar-refractivity contribution in [3.8, 4) is 0 Å². The van der Waals surface area contributed by atoms with Crippen LogP contribution in [0.4, 0.5) is 0 Å². The smallest absolute Gasteiger partial charge is 0.269 e. The second-order valence-corrected chi connectivity index (χ2v) is 6.47. The molecule has 0 spiro atoms. The van der Waals surface area contributed by atoms with Gasteiger partial charge in [-0.25, -0.2) is 0 Å². The largest absolute Gasteiger partial charge is 0.272 e. The number of amides is 2. The van der Waals surface area contributed by atoms with E-state index < -0.39 is 0 Å². The van der Waals surface area contributed by atoms with Gasteiger partial charge in [0.15, 0.2) is 4.34 Å². The van der Waals surface area contributed by atoms with Gasteiger partial charge < -0.3 is 0 Å². The van der Waals surface area contributed by atoms with Gasteiger partial charge in [-0.3, -0.25) is 20.4 Å². The van der Waals surface area contributed by atoms with Gasteiger partial charge >= 0.3 is 0 Å². The van der Waals surface area contributed by atoms with Crippen molar-refractivity contribution >= 4 is 50.8 Å². The quantitative estimate of drug-likeness (QED) is 0.631. The number of hydrazine groups is 1. The summed E-state index contributed by atoms with van der Waals surface area (Å²) < 4.78 is 1.59. The topological polar surface area (TPSA) is 84.0 Å². The molecule has 2 N–H and O–H groups in total. The van der Waals surface area contributed by atoms with Crippen LogP contribution in [0, 0.1) is 0 Å². The third kappa shape index (κ3) is 4.58. The minimum Gasteiger partial charge on any atom is -0.272 e. The molecular weight excluding hydrogens is 364 g/mol. The van der Waals surface area contributed by atoms with Gasteiger partial charge in [-0.1, -0.05) is 39.0 Å². The number of hydrogen-bond donors (Lipinski definition) is 2. The first-order chi connectivity index (χ1) is 9.65. The van der Waals surface area contributed by atoms with E-state index in [0.29, 0.717) is 9.90 Å². The average molecular weight is 373 g/mol. The lowest BCUT2D eigenvalue weighted by Gasteiger charge is -2.06. The van der Waals surface area contributed by atoms with Crippen molar-refractivity contribution in [3.63, 3.8) is 0 Å². The molecular formula is C11H9BrN4O2S2. The van der Waals surface area contributed by atoms with Crippen LogP contribution in [0.5, 0.6) is 0 Å². The number of carbonyl (C=O) groups is 2. The second-order valence-electron chi connectivity index (χ2n) is 3.50. The number of aromatic nitrogens is 2. The number of hydrogen-bond acceptors (Lipinski definition) is 6. The predicted molar refractivity (Wildman–Crippen MR) is 80.4 cm³/mol. The molecule has 104 valence electrons. The number of nitrogens with zero attached hydrogens (tertiary/aromatic N) is 2. The maximum atomic E-state index is 11.7. The summed E-state index contributed by atoms with van der Waals surface area (Å²) in [5.74, 6) is -0.516. The van der Waals surface area contributed by atoms with Crippen LogP contribution in [0.1, 0.15) is 10.4 Å². The molecule has 20 heavy (non-hydrogen) atoms. The maximum absolute atomic E-state index is 11.7. The van der Waals surface area contributed by atoms with Crippen molar-refractivity contribution in [1.29, 1.82) is 0 Å². The van der Waals surface area contributed by atoms with E-state index in [1.54, 1.807) is 29.8 Å². The van der Waals surface area contributed by atoms with E-state index in [4.69, 9.17) is 0 Å².